The van der Waals surface area contributed by atoms with Crippen LogP contribution in [0.25, 0.3) is 0 Å². The Morgan fingerprint density at radius 3 is 2.35 bits per heavy atom. The molecule has 0 aromatic rings. The molecule has 0 amide bonds. The van der Waals surface area contributed by atoms with Gasteiger partial charge in [-0.05, 0) is 44.4 Å². The van der Waals surface area contributed by atoms with Gasteiger partial charge in [0.1, 0.15) is 5.78 Å². The quantitative estimate of drug-likeness (QED) is 0.815. The zero-order chi connectivity index (χ0) is 11.7. The number of carbonyl (C=O) groups excluding carboxylic acids is 1. The number of rotatable bonds is 3. The second-order valence-corrected chi connectivity index (χ2v) is 6.03. The summed E-state index contributed by atoms with van der Waals surface area (Å²) in [4.78, 5) is 12.3. The van der Waals surface area contributed by atoms with Crippen LogP contribution in [-0.2, 0) is 9.53 Å². The van der Waals surface area contributed by atoms with Gasteiger partial charge in [0.2, 0.25) is 0 Å². The summed E-state index contributed by atoms with van der Waals surface area (Å²) in [6.07, 6.45) is 7.75. The maximum Gasteiger partial charge on any atom is 0.136 e. The van der Waals surface area contributed by atoms with Crippen LogP contribution in [0, 0.1) is 11.8 Å². The molecule has 0 spiro atoms. The molecule has 96 valence electrons. The van der Waals surface area contributed by atoms with Gasteiger partial charge in [0.05, 0.1) is 0 Å². The molecule has 3 nitrogen and oxygen atoms in total. The Labute approximate surface area is 103 Å². The van der Waals surface area contributed by atoms with E-state index in [0.29, 0.717) is 29.7 Å². The number of ketones is 1. The van der Waals surface area contributed by atoms with Crippen molar-refractivity contribution in [3.8, 4) is 0 Å². The highest BCUT2D eigenvalue weighted by Crippen LogP contribution is 2.33. The molecule has 3 fully saturated rings. The van der Waals surface area contributed by atoms with Crippen molar-refractivity contribution in [3.63, 3.8) is 0 Å². The third-order valence-electron chi connectivity index (χ3n) is 4.76. The summed E-state index contributed by atoms with van der Waals surface area (Å²) in [5.41, 5.74) is 0. The predicted octanol–water partition coefficient (Wildman–Crippen LogP) is 1.90. The van der Waals surface area contributed by atoms with Gasteiger partial charge in [-0.1, -0.05) is 0 Å². The fourth-order valence-corrected chi connectivity index (χ4v) is 3.72. The van der Waals surface area contributed by atoms with Gasteiger partial charge in [-0.2, -0.15) is 0 Å². The number of hydrogen-bond acceptors (Lipinski definition) is 3. The van der Waals surface area contributed by atoms with Gasteiger partial charge >= 0.3 is 0 Å². The van der Waals surface area contributed by atoms with E-state index >= 15 is 0 Å². The first-order chi connectivity index (χ1) is 8.31. The van der Waals surface area contributed by atoms with Crippen molar-refractivity contribution in [1.82, 2.24) is 5.32 Å². The number of piperidine rings is 1. The van der Waals surface area contributed by atoms with E-state index in [1.807, 2.05) is 0 Å². The molecule has 3 heteroatoms. The second-order valence-electron chi connectivity index (χ2n) is 6.03. The molecule has 0 aliphatic carbocycles. The maximum absolute atomic E-state index is 12.3. The van der Waals surface area contributed by atoms with Gasteiger partial charge in [-0.3, -0.25) is 4.79 Å². The van der Waals surface area contributed by atoms with E-state index in [9.17, 15) is 4.79 Å². The predicted molar refractivity (Wildman–Crippen MR) is 65.8 cm³/mol. The van der Waals surface area contributed by atoms with Gasteiger partial charge in [0, 0.05) is 37.6 Å². The summed E-state index contributed by atoms with van der Waals surface area (Å²) in [7, 11) is 0. The van der Waals surface area contributed by atoms with Crippen LogP contribution in [0.3, 0.4) is 0 Å². The zero-order valence-corrected chi connectivity index (χ0v) is 10.5. The Hall–Kier alpha value is -0.410. The highest BCUT2D eigenvalue weighted by molar-refractivity contribution is 5.81. The largest absolute Gasteiger partial charge is 0.381 e. The first-order valence-electron chi connectivity index (χ1n) is 7.18. The number of hydrogen-bond donors (Lipinski definition) is 1. The SMILES string of the molecule is O=C(CC1CCOCC1)C1CC2CCC(C1)N2. The van der Waals surface area contributed by atoms with Crippen LogP contribution in [0.15, 0.2) is 0 Å². The average molecular weight is 237 g/mol. The van der Waals surface area contributed by atoms with E-state index in [4.69, 9.17) is 4.74 Å². The van der Waals surface area contributed by atoms with E-state index in [2.05, 4.69) is 5.32 Å². The van der Waals surface area contributed by atoms with Crippen LogP contribution in [0.5, 0.6) is 0 Å². The highest BCUT2D eigenvalue weighted by atomic mass is 16.5. The molecule has 0 aromatic carbocycles. The van der Waals surface area contributed by atoms with Crippen molar-refractivity contribution >= 4 is 5.78 Å². The number of ether oxygens (including phenoxy) is 1. The monoisotopic (exact) mass is 237 g/mol. The first-order valence-corrected chi connectivity index (χ1v) is 7.18. The van der Waals surface area contributed by atoms with E-state index in [-0.39, 0.29) is 0 Å². The molecule has 2 unspecified atom stereocenters. The molecule has 3 rings (SSSR count). The minimum atomic E-state index is 0.358. The number of nitrogens with one attached hydrogen (secondary N) is 1. The zero-order valence-electron chi connectivity index (χ0n) is 10.5. The summed E-state index contributed by atoms with van der Waals surface area (Å²) >= 11 is 0. The Kier molecular flexibility index (Phi) is 3.48. The fourth-order valence-electron chi connectivity index (χ4n) is 3.72. The van der Waals surface area contributed by atoms with Crippen LogP contribution in [-0.4, -0.2) is 31.1 Å². The third kappa shape index (κ3) is 2.71. The Morgan fingerprint density at radius 2 is 1.71 bits per heavy atom. The molecular formula is C14H23NO2. The standard InChI is InChI=1S/C14H23NO2/c16-14(7-10-3-5-17-6-4-10)11-8-12-1-2-13(9-11)15-12/h10-13,15H,1-9H2. The Bertz CT molecular complexity index is 274. The molecule has 3 aliphatic rings. The fraction of sp³-hybridized carbons (Fsp3) is 0.929. The smallest absolute Gasteiger partial charge is 0.136 e. The van der Waals surface area contributed by atoms with Crippen LogP contribution in [0.1, 0.15) is 44.9 Å². The van der Waals surface area contributed by atoms with Crippen molar-refractivity contribution in [3.05, 3.63) is 0 Å². The number of Topliss-reactive ketones (excluding diaryl/α,β-unsaturated/α-hetero) is 1. The van der Waals surface area contributed by atoms with Gasteiger partial charge in [-0.15, -0.1) is 0 Å². The third-order valence-corrected chi connectivity index (χ3v) is 4.76. The lowest BCUT2D eigenvalue weighted by atomic mass is 9.83. The lowest BCUT2D eigenvalue weighted by molar-refractivity contribution is -0.125. The van der Waals surface area contributed by atoms with Crippen molar-refractivity contribution in [1.29, 1.82) is 0 Å². The molecule has 3 aliphatic heterocycles. The van der Waals surface area contributed by atoms with Crippen LogP contribution in [0.4, 0.5) is 0 Å². The van der Waals surface area contributed by atoms with Crippen molar-refractivity contribution in [2.45, 2.75) is 57.0 Å². The molecule has 0 saturated carbocycles. The summed E-state index contributed by atoms with van der Waals surface area (Å²) in [6.45, 7) is 1.71. The number of carbonyl (C=O) groups is 1. The van der Waals surface area contributed by atoms with Crippen LogP contribution >= 0.6 is 0 Å². The summed E-state index contributed by atoms with van der Waals surface area (Å²) < 4.78 is 5.35. The lowest BCUT2D eigenvalue weighted by Gasteiger charge is -2.30. The molecule has 2 bridgehead atoms. The normalized spacial score (nSPS) is 38.2. The van der Waals surface area contributed by atoms with E-state index in [0.717, 1.165) is 45.3 Å². The van der Waals surface area contributed by atoms with E-state index in [1.54, 1.807) is 0 Å². The van der Waals surface area contributed by atoms with Crippen LogP contribution in [0.2, 0.25) is 0 Å². The highest BCUT2D eigenvalue weighted by Gasteiger charge is 2.36. The maximum atomic E-state index is 12.3. The lowest BCUT2D eigenvalue weighted by Crippen LogP contribution is -2.41. The van der Waals surface area contributed by atoms with Gasteiger partial charge < -0.3 is 10.1 Å². The van der Waals surface area contributed by atoms with E-state index in [1.165, 1.54) is 12.8 Å². The molecular weight excluding hydrogens is 214 g/mol. The minimum absolute atomic E-state index is 0.358. The Morgan fingerprint density at radius 1 is 1.06 bits per heavy atom. The first kappa shape index (κ1) is 11.7. The minimum Gasteiger partial charge on any atom is -0.381 e. The number of fused-ring (bicyclic) bond motifs is 2. The van der Waals surface area contributed by atoms with Gasteiger partial charge in [0.25, 0.3) is 0 Å². The summed E-state index contributed by atoms with van der Waals surface area (Å²) in [6, 6.07) is 1.27. The van der Waals surface area contributed by atoms with Crippen molar-refractivity contribution < 1.29 is 9.53 Å². The molecule has 17 heavy (non-hydrogen) atoms. The topological polar surface area (TPSA) is 38.3 Å². The summed E-state index contributed by atoms with van der Waals surface area (Å²) in [5.74, 6) is 1.50. The molecule has 1 N–H and O–H groups in total. The van der Waals surface area contributed by atoms with Gasteiger partial charge in [-0.25, -0.2) is 0 Å². The molecule has 3 saturated heterocycles. The summed E-state index contributed by atoms with van der Waals surface area (Å²) in [5, 5.41) is 3.61. The van der Waals surface area contributed by atoms with Gasteiger partial charge in [0.15, 0.2) is 0 Å². The second kappa shape index (κ2) is 5.07. The average Bonchev–Trinajstić information content (AvgIpc) is 2.69. The molecule has 0 aromatic heterocycles. The Balaban J connectivity index is 1.51. The molecule has 3 heterocycles. The molecule has 0 radical (unpaired) electrons. The van der Waals surface area contributed by atoms with E-state index < -0.39 is 0 Å². The van der Waals surface area contributed by atoms with Crippen LogP contribution < -0.4 is 5.32 Å². The van der Waals surface area contributed by atoms with Crippen molar-refractivity contribution in [2.24, 2.45) is 11.8 Å². The molecule has 2 atom stereocenters. The van der Waals surface area contributed by atoms with Crippen molar-refractivity contribution in [2.75, 3.05) is 13.2 Å².